The fourth-order valence-electron chi connectivity index (χ4n) is 5.61. The van der Waals surface area contributed by atoms with E-state index in [-0.39, 0.29) is 47.6 Å². The van der Waals surface area contributed by atoms with Crippen molar-refractivity contribution >= 4 is 39.2 Å². The highest BCUT2D eigenvalue weighted by Gasteiger charge is 2.70. The Labute approximate surface area is 169 Å². The molecule has 2 amide bonds. The Morgan fingerprint density at radius 1 is 0.964 bits per heavy atom. The van der Waals surface area contributed by atoms with E-state index in [9.17, 15) is 9.59 Å². The van der Waals surface area contributed by atoms with Crippen LogP contribution in [0.3, 0.4) is 0 Å². The average molecular weight is 438 g/mol. The molecule has 6 rings (SSSR count). The molecule has 7 nitrogen and oxygen atoms in total. The Balaban J connectivity index is 1.36. The molecule has 1 aromatic heterocycles. The molecule has 1 aromatic carbocycles. The quantitative estimate of drug-likeness (QED) is 0.675. The van der Waals surface area contributed by atoms with Crippen LogP contribution in [-0.4, -0.2) is 28.9 Å². The SMILES string of the molecule is O=C1C2C3CC(C2C(=O)N1c1ccccn1)C1C3N=NN1c1ccc(Br)cc1. The predicted molar refractivity (Wildman–Crippen MR) is 104 cm³/mol. The molecule has 2 aliphatic heterocycles. The number of hydrogen-bond donors (Lipinski definition) is 0. The van der Waals surface area contributed by atoms with Crippen molar-refractivity contribution in [3.8, 4) is 0 Å². The van der Waals surface area contributed by atoms with E-state index in [0.717, 1.165) is 16.6 Å². The van der Waals surface area contributed by atoms with Crippen LogP contribution in [0.1, 0.15) is 6.42 Å². The van der Waals surface area contributed by atoms with E-state index in [1.54, 1.807) is 24.4 Å². The van der Waals surface area contributed by atoms with Crippen molar-refractivity contribution in [2.75, 3.05) is 9.91 Å². The summed E-state index contributed by atoms with van der Waals surface area (Å²) in [6, 6.07) is 13.2. The summed E-state index contributed by atoms with van der Waals surface area (Å²) >= 11 is 3.46. The summed E-state index contributed by atoms with van der Waals surface area (Å²) in [5.74, 6) is -0.299. The molecule has 3 fully saturated rings. The van der Waals surface area contributed by atoms with Gasteiger partial charge in [0, 0.05) is 10.7 Å². The highest BCUT2D eigenvalue weighted by Crippen LogP contribution is 2.60. The number of nitrogens with zero attached hydrogens (tertiary/aromatic N) is 5. The third kappa shape index (κ3) is 2.01. The zero-order valence-corrected chi connectivity index (χ0v) is 16.3. The lowest BCUT2D eigenvalue weighted by atomic mass is 9.76. The van der Waals surface area contributed by atoms with Crippen molar-refractivity contribution in [2.24, 2.45) is 34.0 Å². The number of rotatable bonds is 2. The fraction of sp³-hybridized carbons (Fsp3) is 0.350. The van der Waals surface area contributed by atoms with Gasteiger partial charge < -0.3 is 0 Å². The predicted octanol–water partition coefficient (Wildman–Crippen LogP) is 3.22. The van der Waals surface area contributed by atoms with E-state index in [1.165, 1.54) is 4.90 Å². The van der Waals surface area contributed by atoms with Crippen molar-refractivity contribution in [3.05, 3.63) is 53.1 Å². The van der Waals surface area contributed by atoms with Crippen LogP contribution >= 0.6 is 15.9 Å². The van der Waals surface area contributed by atoms with Gasteiger partial charge in [-0.1, -0.05) is 27.2 Å². The van der Waals surface area contributed by atoms with Gasteiger partial charge >= 0.3 is 0 Å². The molecule has 140 valence electrons. The van der Waals surface area contributed by atoms with Gasteiger partial charge in [-0.3, -0.25) is 9.59 Å². The zero-order chi connectivity index (χ0) is 19.0. The van der Waals surface area contributed by atoms with E-state index in [0.29, 0.717) is 5.82 Å². The number of anilines is 2. The molecule has 0 radical (unpaired) electrons. The van der Waals surface area contributed by atoms with Gasteiger partial charge in [0.25, 0.3) is 0 Å². The molecule has 4 aliphatic rings. The van der Waals surface area contributed by atoms with Crippen LogP contribution in [0.25, 0.3) is 0 Å². The second-order valence-corrected chi connectivity index (χ2v) is 8.74. The minimum Gasteiger partial charge on any atom is -0.274 e. The first-order valence-electron chi connectivity index (χ1n) is 9.39. The third-order valence-electron chi connectivity index (χ3n) is 6.63. The van der Waals surface area contributed by atoms with Gasteiger partial charge in [-0.05, 0) is 54.7 Å². The average Bonchev–Trinajstić information content (AvgIpc) is 3.44. The lowest BCUT2D eigenvalue weighted by Gasteiger charge is -2.33. The number of aromatic nitrogens is 1. The molecule has 0 N–H and O–H groups in total. The topological polar surface area (TPSA) is 78.2 Å². The van der Waals surface area contributed by atoms with Crippen molar-refractivity contribution in [3.63, 3.8) is 0 Å². The van der Waals surface area contributed by atoms with Crippen molar-refractivity contribution < 1.29 is 9.59 Å². The van der Waals surface area contributed by atoms with E-state index in [4.69, 9.17) is 0 Å². The number of carbonyl (C=O) groups is 2. The van der Waals surface area contributed by atoms with Gasteiger partial charge in [0.1, 0.15) is 5.82 Å². The maximum absolute atomic E-state index is 13.2. The summed E-state index contributed by atoms with van der Waals surface area (Å²) in [6.07, 6.45) is 2.46. The normalized spacial score (nSPS) is 35.0. The fourth-order valence-corrected chi connectivity index (χ4v) is 5.88. The Kier molecular flexibility index (Phi) is 3.33. The zero-order valence-electron chi connectivity index (χ0n) is 14.7. The van der Waals surface area contributed by atoms with Crippen LogP contribution in [0.2, 0.25) is 0 Å². The molecule has 0 spiro atoms. The molecule has 2 aliphatic carbocycles. The van der Waals surface area contributed by atoms with Gasteiger partial charge in [-0.25, -0.2) is 14.9 Å². The first-order valence-corrected chi connectivity index (χ1v) is 10.2. The van der Waals surface area contributed by atoms with E-state index < -0.39 is 0 Å². The number of halogens is 1. The molecule has 2 saturated carbocycles. The second-order valence-electron chi connectivity index (χ2n) is 7.82. The summed E-state index contributed by atoms with van der Waals surface area (Å²) in [7, 11) is 0. The van der Waals surface area contributed by atoms with Gasteiger partial charge in [-0.15, -0.1) is 0 Å². The molecular weight excluding hydrogens is 422 g/mol. The first kappa shape index (κ1) is 16.4. The van der Waals surface area contributed by atoms with Gasteiger partial charge in [0.15, 0.2) is 0 Å². The van der Waals surface area contributed by atoms with E-state index in [1.807, 2.05) is 29.3 Å². The summed E-state index contributed by atoms with van der Waals surface area (Å²) in [5, 5.41) is 10.9. The van der Waals surface area contributed by atoms with Crippen molar-refractivity contribution in [1.82, 2.24) is 4.98 Å². The third-order valence-corrected chi connectivity index (χ3v) is 7.15. The van der Waals surface area contributed by atoms with E-state index >= 15 is 0 Å². The molecular formula is C20H16BrN5O2. The Hall–Kier alpha value is -2.61. The number of fused-ring (bicyclic) bond motifs is 8. The molecule has 2 bridgehead atoms. The number of imide groups is 1. The second kappa shape index (κ2) is 5.70. The number of pyridine rings is 1. The maximum atomic E-state index is 13.2. The molecule has 28 heavy (non-hydrogen) atoms. The van der Waals surface area contributed by atoms with Crippen LogP contribution < -0.4 is 9.91 Å². The number of carbonyl (C=O) groups excluding carboxylic acids is 2. The van der Waals surface area contributed by atoms with Crippen LogP contribution in [-0.2, 0) is 9.59 Å². The lowest BCUT2D eigenvalue weighted by molar-refractivity contribution is -0.123. The van der Waals surface area contributed by atoms with Crippen LogP contribution in [0, 0.1) is 23.7 Å². The summed E-state index contributed by atoms with van der Waals surface area (Å²) in [6.45, 7) is 0. The maximum Gasteiger partial charge on any atom is 0.239 e. The molecule has 6 atom stereocenters. The van der Waals surface area contributed by atoms with Gasteiger partial charge in [0.05, 0.1) is 29.6 Å². The molecule has 2 aromatic rings. The Morgan fingerprint density at radius 3 is 2.43 bits per heavy atom. The highest BCUT2D eigenvalue weighted by molar-refractivity contribution is 9.10. The summed E-state index contributed by atoms with van der Waals surface area (Å²) in [5.41, 5.74) is 0.960. The standard InChI is InChI=1S/C20H16BrN5O2/c21-10-4-6-11(7-5-10)26-18-13-9-12(17(18)23-24-26)15-16(13)20(28)25(19(15)27)14-3-1-2-8-22-14/h1-8,12-13,15-18H,9H2. The Morgan fingerprint density at radius 2 is 1.71 bits per heavy atom. The van der Waals surface area contributed by atoms with Crippen molar-refractivity contribution in [1.29, 1.82) is 0 Å². The smallest absolute Gasteiger partial charge is 0.239 e. The lowest BCUT2D eigenvalue weighted by Crippen LogP contribution is -2.47. The van der Waals surface area contributed by atoms with Crippen LogP contribution in [0.15, 0.2) is 63.5 Å². The molecule has 1 saturated heterocycles. The highest BCUT2D eigenvalue weighted by atomic mass is 79.9. The first-order chi connectivity index (χ1) is 13.6. The summed E-state index contributed by atoms with van der Waals surface area (Å²) in [4.78, 5) is 31.9. The number of benzene rings is 1. The van der Waals surface area contributed by atoms with Crippen molar-refractivity contribution in [2.45, 2.75) is 18.5 Å². The molecule has 6 unspecified atom stereocenters. The van der Waals surface area contributed by atoms with Gasteiger partial charge in [0.2, 0.25) is 11.8 Å². The monoisotopic (exact) mass is 437 g/mol. The van der Waals surface area contributed by atoms with Crippen LogP contribution in [0.5, 0.6) is 0 Å². The summed E-state index contributed by atoms with van der Waals surface area (Å²) < 4.78 is 1.000. The Bertz CT molecular complexity index is 1010. The number of amides is 2. The van der Waals surface area contributed by atoms with E-state index in [2.05, 4.69) is 31.3 Å². The molecule has 8 heteroatoms. The van der Waals surface area contributed by atoms with Gasteiger partial charge in [-0.2, -0.15) is 5.11 Å². The largest absolute Gasteiger partial charge is 0.274 e. The van der Waals surface area contributed by atoms with Crippen LogP contribution in [0.4, 0.5) is 11.5 Å². The number of hydrogen-bond acceptors (Lipinski definition) is 6. The minimum atomic E-state index is -0.304. The minimum absolute atomic E-state index is 0.0321. The molecule has 3 heterocycles.